The molecule has 146 valence electrons. The van der Waals surface area contributed by atoms with Gasteiger partial charge < -0.3 is 16.0 Å². The second-order valence-electron chi connectivity index (χ2n) is 6.24. The minimum Gasteiger partial charge on any atom is -0.351 e. The van der Waals surface area contributed by atoms with Crippen LogP contribution < -0.4 is 16.0 Å². The lowest BCUT2D eigenvalue weighted by Crippen LogP contribution is -2.34. The molecule has 1 saturated carbocycles. The quantitative estimate of drug-likeness (QED) is 0.624. The van der Waals surface area contributed by atoms with E-state index in [0.717, 1.165) is 18.0 Å². The summed E-state index contributed by atoms with van der Waals surface area (Å²) in [5.41, 5.74) is 2.18. The number of carbonyl (C=O) groups excluding carboxylic acids is 2. The first kappa shape index (κ1) is 22.9. The smallest absolute Gasteiger partial charge is 0.255 e. The van der Waals surface area contributed by atoms with E-state index in [2.05, 4.69) is 20.9 Å². The van der Waals surface area contributed by atoms with Crippen LogP contribution in [0.4, 0.5) is 5.69 Å². The summed E-state index contributed by atoms with van der Waals surface area (Å²) in [6.45, 7) is 1.70. The summed E-state index contributed by atoms with van der Waals surface area (Å²) in [6, 6.07) is 10.8. The molecule has 3 N–H and O–H groups in total. The van der Waals surface area contributed by atoms with Crippen molar-refractivity contribution in [2.75, 3.05) is 18.4 Å². The van der Waals surface area contributed by atoms with Gasteiger partial charge in [-0.15, -0.1) is 24.8 Å². The predicted molar refractivity (Wildman–Crippen MR) is 111 cm³/mol. The van der Waals surface area contributed by atoms with Crippen molar-refractivity contribution in [3.63, 3.8) is 0 Å². The largest absolute Gasteiger partial charge is 0.351 e. The average Bonchev–Trinajstić information content (AvgIpc) is 3.45. The van der Waals surface area contributed by atoms with E-state index >= 15 is 0 Å². The van der Waals surface area contributed by atoms with Crippen LogP contribution in [0.2, 0.25) is 0 Å². The van der Waals surface area contributed by atoms with Crippen LogP contribution in [-0.2, 0) is 11.3 Å². The summed E-state index contributed by atoms with van der Waals surface area (Å²) in [5.74, 6) is 0.549. The summed E-state index contributed by atoms with van der Waals surface area (Å²) in [7, 11) is 0. The molecule has 1 fully saturated rings. The summed E-state index contributed by atoms with van der Waals surface area (Å²) in [6.07, 6.45) is 5.70. The van der Waals surface area contributed by atoms with Gasteiger partial charge in [0.15, 0.2) is 0 Å². The Balaban J connectivity index is 0.00000182. The fourth-order valence-electron chi connectivity index (χ4n) is 2.44. The van der Waals surface area contributed by atoms with E-state index in [9.17, 15) is 9.59 Å². The molecule has 2 amide bonds. The molecule has 1 aromatic heterocycles. The number of hydrogen-bond acceptors (Lipinski definition) is 4. The first-order valence-electron chi connectivity index (χ1n) is 8.48. The number of hydrogen-bond donors (Lipinski definition) is 3. The number of benzene rings is 1. The van der Waals surface area contributed by atoms with Gasteiger partial charge in [0, 0.05) is 30.2 Å². The van der Waals surface area contributed by atoms with Crippen LogP contribution in [0.15, 0.2) is 48.8 Å². The number of halogens is 2. The van der Waals surface area contributed by atoms with Gasteiger partial charge in [0.05, 0.1) is 6.54 Å². The molecule has 0 spiro atoms. The van der Waals surface area contributed by atoms with Crippen molar-refractivity contribution in [3.05, 3.63) is 59.9 Å². The number of aromatic nitrogens is 1. The second-order valence-corrected chi connectivity index (χ2v) is 6.24. The summed E-state index contributed by atoms with van der Waals surface area (Å²) in [5, 5.41) is 8.90. The van der Waals surface area contributed by atoms with Crippen molar-refractivity contribution in [1.29, 1.82) is 0 Å². The highest BCUT2D eigenvalue weighted by Crippen LogP contribution is 2.27. The third-order valence-corrected chi connectivity index (χ3v) is 4.03. The third kappa shape index (κ3) is 7.95. The number of amides is 2. The fraction of sp³-hybridized carbons (Fsp3) is 0.316. The van der Waals surface area contributed by atoms with Gasteiger partial charge >= 0.3 is 0 Å². The molecule has 0 aliphatic heterocycles. The van der Waals surface area contributed by atoms with Gasteiger partial charge in [-0.05, 0) is 55.1 Å². The number of pyridine rings is 1. The van der Waals surface area contributed by atoms with E-state index < -0.39 is 0 Å². The molecule has 0 atom stereocenters. The Morgan fingerprint density at radius 3 is 2.52 bits per heavy atom. The van der Waals surface area contributed by atoms with E-state index in [1.807, 2.05) is 24.3 Å². The van der Waals surface area contributed by atoms with Crippen LogP contribution in [0.25, 0.3) is 0 Å². The van der Waals surface area contributed by atoms with Gasteiger partial charge in [0.2, 0.25) is 5.91 Å². The molecule has 1 aliphatic rings. The van der Waals surface area contributed by atoms with Crippen LogP contribution in [0, 0.1) is 5.92 Å². The maximum Gasteiger partial charge on any atom is 0.255 e. The lowest BCUT2D eigenvalue weighted by Gasteiger charge is -2.09. The standard InChI is InChI=1S/C19H22N4O2.2ClH/c24-18(13-21-11-14-4-5-14)22-12-15-2-1-3-17(10-15)23-19(25)16-6-8-20-9-7-16;;/h1-3,6-10,14,21H,4-5,11-13H2,(H,22,24)(H,23,25);2*1H. The van der Waals surface area contributed by atoms with Crippen LogP contribution in [0.3, 0.4) is 0 Å². The molecular weight excluding hydrogens is 387 g/mol. The minimum atomic E-state index is -0.187. The Morgan fingerprint density at radius 1 is 1.07 bits per heavy atom. The van der Waals surface area contributed by atoms with E-state index in [1.165, 1.54) is 12.8 Å². The summed E-state index contributed by atoms with van der Waals surface area (Å²) < 4.78 is 0. The molecule has 1 aliphatic carbocycles. The maximum atomic E-state index is 12.2. The Bertz CT molecular complexity index is 739. The van der Waals surface area contributed by atoms with Gasteiger partial charge in [0.1, 0.15) is 0 Å². The van der Waals surface area contributed by atoms with Crippen LogP contribution in [0.5, 0.6) is 0 Å². The molecule has 27 heavy (non-hydrogen) atoms. The number of anilines is 1. The highest BCUT2D eigenvalue weighted by Gasteiger charge is 2.20. The molecule has 0 unspecified atom stereocenters. The van der Waals surface area contributed by atoms with E-state index in [-0.39, 0.29) is 36.6 Å². The van der Waals surface area contributed by atoms with Crippen molar-refractivity contribution in [3.8, 4) is 0 Å². The fourth-order valence-corrected chi connectivity index (χ4v) is 2.44. The van der Waals surface area contributed by atoms with Crippen LogP contribution >= 0.6 is 24.8 Å². The minimum absolute atomic E-state index is 0. The molecule has 8 heteroatoms. The predicted octanol–water partition coefficient (Wildman–Crippen LogP) is 2.79. The monoisotopic (exact) mass is 410 g/mol. The SMILES string of the molecule is Cl.Cl.O=C(CNCC1CC1)NCc1cccc(NC(=O)c2ccncc2)c1. The highest BCUT2D eigenvalue weighted by atomic mass is 35.5. The normalized spacial score (nSPS) is 12.3. The molecule has 6 nitrogen and oxygen atoms in total. The van der Waals surface area contributed by atoms with Gasteiger partial charge in [-0.2, -0.15) is 0 Å². The molecule has 0 saturated heterocycles. The van der Waals surface area contributed by atoms with Gasteiger partial charge in [0.25, 0.3) is 5.91 Å². The maximum absolute atomic E-state index is 12.2. The van der Waals surface area contributed by atoms with E-state index in [1.54, 1.807) is 24.5 Å². The number of nitrogens with zero attached hydrogens (tertiary/aromatic N) is 1. The lowest BCUT2D eigenvalue weighted by atomic mass is 10.2. The topological polar surface area (TPSA) is 83.1 Å². The highest BCUT2D eigenvalue weighted by molar-refractivity contribution is 6.04. The van der Waals surface area contributed by atoms with Crippen molar-refractivity contribution in [2.45, 2.75) is 19.4 Å². The number of rotatable bonds is 8. The Hall–Kier alpha value is -2.15. The van der Waals surface area contributed by atoms with Crippen LogP contribution in [-0.4, -0.2) is 29.9 Å². The zero-order valence-electron chi connectivity index (χ0n) is 14.8. The third-order valence-electron chi connectivity index (χ3n) is 4.03. The van der Waals surface area contributed by atoms with Crippen molar-refractivity contribution < 1.29 is 9.59 Å². The van der Waals surface area contributed by atoms with Gasteiger partial charge in [-0.3, -0.25) is 14.6 Å². The molecular formula is C19H24Cl2N4O2. The summed E-state index contributed by atoms with van der Waals surface area (Å²) in [4.78, 5) is 27.9. The molecule has 0 radical (unpaired) electrons. The summed E-state index contributed by atoms with van der Waals surface area (Å²) >= 11 is 0. The molecule has 2 aromatic rings. The number of nitrogens with one attached hydrogen (secondary N) is 3. The Labute approximate surface area is 171 Å². The molecule has 1 aromatic carbocycles. The average molecular weight is 411 g/mol. The zero-order valence-corrected chi connectivity index (χ0v) is 16.4. The first-order chi connectivity index (χ1) is 12.2. The first-order valence-corrected chi connectivity index (χ1v) is 8.48. The van der Waals surface area contributed by atoms with Crippen molar-refractivity contribution in [2.24, 2.45) is 5.92 Å². The van der Waals surface area contributed by atoms with Crippen molar-refractivity contribution >= 4 is 42.3 Å². The van der Waals surface area contributed by atoms with Gasteiger partial charge in [-0.25, -0.2) is 0 Å². The Kier molecular flexibility index (Phi) is 9.78. The zero-order chi connectivity index (χ0) is 17.5. The van der Waals surface area contributed by atoms with Crippen molar-refractivity contribution in [1.82, 2.24) is 15.6 Å². The molecule has 0 bridgehead atoms. The van der Waals surface area contributed by atoms with E-state index in [0.29, 0.717) is 24.3 Å². The van der Waals surface area contributed by atoms with E-state index in [4.69, 9.17) is 0 Å². The van der Waals surface area contributed by atoms with Crippen LogP contribution in [0.1, 0.15) is 28.8 Å². The van der Waals surface area contributed by atoms with Gasteiger partial charge in [-0.1, -0.05) is 12.1 Å². The second kappa shape index (κ2) is 11.5. The number of carbonyl (C=O) groups is 2. The molecule has 1 heterocycles. The lowest BCUT2D eigenvalue weighted by molar-refractivity contribution is -0.120. The Morgan fingerprint density at radius 2 is 1.81 bits per heavy atom. The molecule has 3 rings (SSSR count).